The molecule has 0 bridgehead atoms. The summed E-state index contributed by atoms with van der Waals surface area (Å²) in [5, 5.41) is 19.4. The zero-order chi connectivity index (χ0) is 14.0. The van der Waals surface area contributed by atoms with Crippen molar-refractivity contribution in [1.82, 2.24) is 0 Å². The fraction of sp³-hybridized carbons (Fsp3) is 0.923. The topological polar surface area (TPSA) is 49.7 Å². The zero-order valence-electron chi connectivity index (χ0n) is 11.8. The van der Waals surface area contributed by atoms with Gasteiger partial charge in [-0.25, -0.2) is 0 Å². The lowest BCUT2D eigenvalue weighted by molar-refractivity contribution is 0.00638. The minimum atomic E-state index is -0.943. The Morgan fingerprint density at radius 3 is 2.44 bits per heavy atom. The zero-order valence-corrected chi connectivity index (χ0v) is 13.7. The Morgan fingerprint density at radius 2 is 1.94 bits per heavy atom. The quantitative estimate of drug-likeness (QED) is 0.329. The molecule has 0 aliphatic heterocycles. The Balaban J connectivity index is 4.07. The summed E-state index contributed by atoms with van der Waals surface area (Å²) in [7, 11) is 1.70. The summed E-state index contributed by atoms with van der Waals surface area (Å²) >= 11 is 4.50. The summed E-state index contributed by atoms with van der Waals surface area (Å²) in [5.74, 6) is 0. The van der Waals surface area contributed by atoms with E-state index in [9.17, 15) is 10.2 Å². The number of aliphatic hydroxyl groups is 2. The second kappa shape index (κ2) is 10.0. The summed E-state index contributed by atoms with van der Waals surface area (Å²) in [6, 6.07) is 0. The number of unbranched alkanes of at least 4 members (excludes halogenated alkanes) is 4. The van der Waals surface area contributed by atoms with E-state index in [1.807, 2.05) is 0 Å². The van der Waals surface area contributed by atoms with Gasteiger partial charge in [-0.3, -0.25) is 0 Å². The maximum absolute atomic E-state index is 9.97. The smallest absolute Gasteiger partial charge is 0.139 e. The molecule has 3 nitrogen and oxygen atoms in total. The van der Waals surface area contributed by atoms with Gasteiger partial charge < -0.3 is 14.9 Å². The third-order valence-electron chi connectivity index (χ3n) is 3.14. The van der Waals surface area contributed by atoms with E-state index in [1.54, 1.807) is 6.92 Å². The van der Waals surface area contributed by atoms with Crippen molar-refractivity contribution >= 4 is 27.1 Å². The van der Waals surface area contributed by atoms with Crippen LogP contribution in [0.1, 0.15) is 52.4 Å². The van der Waals surface area contributed by atoms with Crippen molar-refractivity contribution in [3.8, 4) is 0 Å². The number of rotatable bonds is 10. The van der Waals surface area contributed by atoms with E-state index in [-0.39, 0.29) is 26.0 Å². The van der Waals surface area contributed by atoms with E-state index < -0.39 is 5.60 Å². The van der Waals surface area contributed by atoms with Gasteiger partial charge in [0.15, 0.2) is 0 Å². The van der Waals surface area contributed by atoms with Gasteiger partial charge in [-0.05, 0) is 13.3 Å². The van der Waals surface area contributed by atoms with Crippen LogP contribution >= 0.6 is 12.6 Å². The highest BCUT2D eigenvalue weighted by Gasteiger charge is 2.28. The van der Waals surface area contributed by atoms with Crippen molar-refractivity contribution in [2.75, 3.05) is 13.7 Å². The molecule has 107 valence electrons. The van der Waals surface area contributed by atoms with Gasteiger partial charge in [-0.1, -0.05) is 39.0 Å². The minimum absolute atomic E-state index is 0.160. The highest BCUT2D eigenvalue weighted by atomic mass is 32.1. The first-order valence-corrected chi connectivity index (χ1v) is 8.26. The van der Waals surface area contributed by atoms with Crippen molar-refractivity contribution in [3.05, 3.63) is 0 Å². The maximum atomic E-state index is 9.97. The molecule has 5 heteroatoms. The first-order valence-electron chi connectivity index (χ1n) is 6.67. The van der Waals surface area contributed by atoms with E-state index in [0.29, 0.717) is 0 Å². The number of hydrogen-bond donors (Lipinski definition) is 3. The summed E-state index contributed by atoms with van der Waals surface area (Å²) in [4.78, 5) is 0.160. The molecule has 0 amide bonds. The summed E-state index contributed by atoms with van der Waals surface area (Å²) < 4.78 is 5.14. The highest BCUT2D eigenvalue weighted by molar-refractivity contribution is 7.82. The van der Waals surface area contributed by atoms with Gasteiger partial charge in [0.05, 0.1) is 21.1 Å². The van der Waals surface area contributed by atoms with Gasteiger partial charge in [0.25, 0.3) is 0 Å². The molecule has 18 heavy (non-hydrogen) atoms. The van der Waals surface area contributed by atoms with E-state index in [2.05, 4.69) is 19.6 Å². The molecular weight excluding hydrogens is 264 g/mol. The van der Waals surface area contributed by atoms with Crippen LogP contribution in [0.25, 0.3) is 0 Å². The van der Waals surface area contributed by atoms with E-state index in [1.165, 1.54) is 32.8 Å². The summed E-state index contributed by atoms with van der Waals surface area (Å²) in [6.07, 6.45) is 7.21. The molecule has 0 spiro atoms. The van der Waals surface area contributed by atoms with Crippen LogP contribution in [-0.4, -0.2) is 48.9 Å². The van der Waals surface area contributed by atoms with Gasteiger partial charge in [-0.2, -0.15) is 12.6 Å². The molecule has 1 radical (unpaired) electrons. The second-order valence-corrected chi connectivity index (χ2v) is 7.37. The van der Waals surface area contributed by atoms with Gasteiger partial charge in [0.1, 0.15) is 5.60 Å². The Hall–Kier alpha value is 0.157. The third kappa shape index (κ3) is 6.92. The predicted octanol–water partition coefficient (Wildman–Crippen LogP) is 2.21. The van der Waals surface area contributed by atoms with E-state index >= 15 is 0 Å². The van der Waals surface area contributed by atoms with Crippen molar-refractivity contribution < 1.29 is 14.9 Å². The molecule has 2 atom stereocenters. The molecule has 2 unspecified atom stereocenters. The summed E-state index contributed by atoms with van der Waals surface area (Å²) in [6.45, 7) is 3.69. The summed E-state index contributed by atoms with van der Waals surface area (Å²) in [5.41, 5.74) is -0.943. The van der Waals surface area contributed by atoms with Crippen molar-refractivity contribution in [3.63, 3.8) is 0 Å². The number of hydrogen-bond acceptors (Lipinski definition) is 4. The SMILES string of the molecule is CCCCCCCC(S)[Si]=C(O)C(C)(CO)OC. The molecule has 0 saturated heterocycles. The van der Waals surface area contributed by atoms with Gasteiger partial charge >= 0.3 is 0 Å². The van der Waals surface area contributed by atoms with Gasteiger partial charge in [0, 0.05) is 12.0 Å². The lowest BCUT2D eigenvalue weighted by Crippen LogP contribution is -2.43. The van der Waals surface area contributed by atoms with Gasteiger partial charge in [-0.15, -0.1) is 0 Å². The molecule has 0 rings (SSSR count). The molecule has 0 aliphatic rings. The number of methoxy groups -OCH3 is 1. The molecule has 0 heterocycles. The normalized spacial score (nSPS) is 17.5. The molecule has 0 fully saturated rings. The number of aliphatic hydroxyl groups excluding tert-OH is 2. The highest BCUT2D eigenvalue weighted by Crippen LogP contribution is 2.12. The maximum Gasteiger partial charge on any atom is 0.139 e. The lowest BCUT2D eigenvalue weighted by Gasteiger charge is -2.25. The number of thiol groups is 1. The second-order valence-electron chi connectivity index (χ2n) is 4.80. The first kappa shape index (κ1) is 18.2. The number of ether oxygens (including phenoxy) is 1. The van der Waals surface area contributed by atoms with Crippen LogP contribution in [0.5, 0.6) is 0 Å². The fourth-order valence-electron chi connectivity index (χ4n) is 1.56. The van der Waals surface area contributed by atoms with Crippen LogP contribution in [0.3, 0.4) is 0 Å². The van der Waals surface area contributed by atoms with Crippen molar-refractivity contribution in [2.45, 2.75) is 62.8 Å². The standard InChI is InChI=1S/C13H27O3SSi/c1-4-5-6-7-8-9-11(17)18-12(15)13(2,10-14)16-3/h11,14-15,17H,4-10H2,1-3H3. The molecule has 0 aromatic carbocycles. The molecular formula is C13H27O3SSi. The Morgan fingerprint density at radius 1 is 1.33 bits per heavy atom. The van der Waals surface area contributed by atoms with Crippen molar-refractivity contribution in [1.29, 1.82) is 0 Å². The molecule has 2 N–H and O–H groups in total. The Labute approximate surface area is 119 Å². The van der Waals surface area contributed by atoms with Crippen LogP contribution < -0.4 is 0 Å². The van der Waals surface area contributed by atoms with Crippen LogP contribution in [0, 0.1) is 0 Å². The predicted molar refractivity (Wildman–Crippen MR) is 81.3 cm³/mol. The Kier molecular flexibility index (Phi) is 10.1. The molecule has 0 aromatic heterocycles. The first-order chi connectivity index (χ1) is 8.50. The molecule has 0 aliphatic carbocycles. The van der Waals surface area contributed by atoms with Crippen LogP contribution in [0.15, 0.2) is 0 Å². The van der Waals surface area contributed by atoms with Crippen LogP contribution in [-0.2, 0) is 4.74 Å². The average molecular weight is 292 g/mol. The lowest BCUT2D eigenvalue weighted by atomic mass is 10.1. The minimum Gasteiger partial charge on any atom is -0.515 e. The largest absolute Gasteiger partial charge is 0.515 e. The Bertz CT molecular complexity index is 242. The monoisotopic (exact) mass is 291 g/mol. The van der Waals surface area contributed by atoms with E-state index in [4.69, 9.17) is 4.74 Å². The van der Waals surface area contributed by atoms with Crippen molar-refractivity contribution in [2.24, 2.45) is 0 Å². The van der Waals surface area contributed by atoms with Gasteiger partial charge in [0.2, 0.25) is 0 Å². The third-order valence-corrected chi connectivity index (χ3v) is 5.21. The molecule has 0 aromatic rings. The fourth-order valence-corrected chi connectivity index (χ4v) is 3.26. The van der Waals surface area contributed by atoms with Crippen LogP contribution in [0.2, 0.25) is 0 Å². The van der Waals surface area contributed by atoms with E-state index in [0.717, 1.165) is 12.8 Å². The van der Waals surface area contributed by atoms with Crippen LogP contribution in [0.4, 0.5) is 0 Å². The molecule has 0 saturated carbocycles. The average Bonchev–Trinajstić information content (AvgIpc) is 2.37.